The highest BCUT2D eigenvalue weighted by Crippen LogP contribution is 2.67. The van der Waals surface area contributed by atoms with E-state index in [1.807, 2.05) is 0 Å². The third-order valence-corrected chi connectivity index (χ3v) is 7.21. The zero-order valence-electron chi connectivity index (χ0n) is 16.7. The van der Waals surface area contributed by atoms with Crippen LogP contribution in [0, 0.1) is 21.7 Å². The van der Waals surface area contributed by atoms with Crippen LogP contribution in [0.2, 0.25) is 0 Å². The molecule has 0 aromatic heterocycles. The van der Waals surface area contributed by atoms with E-state index in [2.05, 4.69) is 83.1 Å². The first-order valence-corrected chi connectivity index (χ1v) is 8.46. The van der Waals surface area contributed by atoms with Crippen molar-refractivity contribution < 1.29 is 0 Å². The van der Waals surface area contributed by atoms with Crippen LogP contribution in [-0.2, 0) is 0 Å². The van der Waals surface area contributed by atoms with Crippen molar-refractivity contribution in [2.45, 2.75) is 89.5 Å². The second kappa shape index (κ2) is 5.00. The minimum absolute atomic E-state index is 0.215. The van der Waals surface area contributed by atoms with E-state index in [1.54, 1.807) is 5.57 Å². The van der Waals surface area contributed by atoms with Gasteiger partial charge in [-0.15, -0.1) is 0 Å². The molecule has 1 saturated carbocycles. The molecule has 1 aliphatic rings. The summed E-state index contributed by atoms with van der Waals surface area (Å²) in [5.74, 6) is 0. The van der Waals surface area contributed by atoms with Gasteiger partial charge in [0.25, 0.3) is 0 Å². The van der Waals surface area contributed by atoms with E-state index in [1.165, 1.54) is 23.1 Å². The van der Waals surface area contributed by atoms with E-state index in [0.29, 0.717) is 10.8 Å². The lowest BCUT2D eigenvalue weighted by Gasteiger charge is -2.62. The molecular formula is C21H38. The van der Waals surface area contributed by atoms with E-state index in [4.69, 9.17) is 0 Å². The SMILES string of the molecule is CC(C)=C(C)C(C)=C1C(C)(C)C(C)(C)CC(C)(C)C1(C)C. The molecule has 1 aliphatic carbocycles. The average Bonchev–Trinajstić information content (AvgIpc) is 2.23. The summed E-state index contributed by atoms with van der Waals surface area (Å²) in [5, 5.41) is 0. The third-order valence-electron chi connectivity index (χ3n) is 7.21. The molecule has 21 heavy (non-hydrogen) atoms. The van der Waals surface area contributed by atoms with Gasteiger partial charge in [-0.3, -0.25) is 0 Å². The Balaban J connectivity index is 3.79. The molecule has 0 spiro atoms. The van der Waals surface area contributed by atoms with Crippen LogP contribution in [-0.4, -0.2) is 0 Å². The van der Waals surface area contributed by atoms with E-state index in [9.17, 15) is 0 Å². The van der Waals surface area contributed by atoms with Crippen molar-refractivity contribution in [2.75, 3.05) is 0 Å². The second-order valence-electron chi connectivity index (χ2n) is 9.82. The van der Waals surface area contributed by atoms with Gasteiger partial charge in [0.1, 0.15) is 0 Å². The summed E-state index contributed by atoms with van der Waals surface area (Å²) in [4.78, 5) is 0. The maximum absolute atomic E-state index is 2.46. The molecule has 1 fully saturated rings. The molecule has 1 rings (SSSR count). The van der Waals surface area contributed by atoms with Crippen molar-refractivity contribution in [3.05, 3.63) is 22.3 Å². The van der Waals surface area contributed by atoms with Gasteiger partial charge in [0.2, 0.25) is 0 Å². The number of rotatable bonds is 1. The predicted octanol–water partition coefficient (Wildman–Crippen LogP) is 7.17. The summed E-state index contributed by atoms with van der Waals surface area (Å²) < 4.78 is 0. The molecule has 122 valence electrons. The first-order valence-electron chi connectivity index (χ1n) is 8.46. The molecule has 0 radical (unpaired) electrons. The highest BCUT2D eigenvalue weighted by molar-refractivity contribution is 5.43. The first-order chi connectivity index (χ1) is 9.09. The van der Waals surface area contributed by atoms with Crippen LogP contribution in [0.15, 0.2) is 22.3 Å². The van der Waals surface area contributed by atoms with Crippen molar-refractivity contribution in [2.24, 2.45) is 21.7 Å². The normalized spacial score (nSPS) is 25.4. The zero-order chi connectivity index (χ0) is 17.0. The monoisotopic (exact) mass is 290 g/mol. The minimum Gasteiger partial charge on any atom is -0.0732 e. The van der Waals surface area contributed by atoms with Gasteiger partial charge in [0.05, 0.1) is 0 Å². The van der Waals surface area contributed by atoms with Crippen molar-refractivity contribution in [1.29, 1.82) is 0 Å². The minimum atomic E-state index is 0.215. The summed E-state index contributed by atoms with van der Waals surface area (Å²) in [7, 11) is 0. The quantitative estimate of drug-likeness (QED) is 0.480. The summed E-state index contributed by atoms with van der Waals surface area (Å²) >= 11 is 0. The second-order valence-corrected chi connectivity index (χ2v) is 9.82. The van der Waals surface area contributed by atoms with Crippen LogP contribution in [0.5, 0.6) is 0 Å². The summed E-state index contributed by atoms with van der Waals surface area (Å²) in [6.45, 7) is 28.8. The summed E-state index contributed by atoms with van der Waals surface area (Å²) in [6.07, 6.45) is 1.27. The Labute approximate surface area is 134 Å². The molecule has 0 unspecified atom stereocenters. The molecule has 0 nitrogen and oxygen atoms in total. The van der Waals surface area contributed by atoms with Gasteiger partial charge in [0, 0.05) is 0 Å². The van der Waals surface area contributed by atoms with Crippen LogP contribution in [0.25, 0.3) is 0 Å². The average molecular weight is 291 g/mol. The van der Waals surface area contributed by atoms with Gasteiger partial charge in [-0.2, -0.15) is 0 Å². The van der Waals surface area contributed by atoms with Crippen LogP contribution in [0.1, 0.15) is 89.5 Å². The van der Waals surface area contributed by atoms with E-state index >= 15 is 0 Å². The van der Waals surface area contributed by atoms with Gasteiger partial charge in [-0.1, -0.05) is 66.5 Å². The lowest BCUT2D eigenvalue weighted by atomic mass is 9.42. The summed E-state index contributed by atoms with van der Waals surface area (Å²) in [6, 6.07) is 0. The van der Waals surface area contributed by atoms with Crippen LogP contribution < -0.4 is 0 Å². The fourth-order valence-corrected chi connectivity index (χ4v) is 4.50. The Hall–Kier alpha value is -0.520. The molecule has 0 atom stereocenters. The smallest absolute Gasteiger partial charge is 0.00820 e. The maximum atomic E-state index is 2.46. The largest absolute Gasteiger partial charge is 0.0732 e. The van der Waals surface area contributed by atoms with E-state index in [-0.39, 0.29) is 10.8 Å². The van der Waals surface area contributed by atoms with Crippen molar-refractivity contribution in [3.63, 3.8) is 0 Å². The molecule has 0 aliphatic heterocycles. The van der Waals surface area contributed by atoms with Crippen molar-refractivity contribution in [1.82, 2.24) is 0 Å². The standard InChI is InChI=1S/C21H38/c1-14(2)15(3)16(4)17-20(9,10)18(5,6)13-19(7,8)21(17,11)12/h13H2,1-12H3. The zero-order valence-corrected chi connectivity index (χ0v) is 16.7. The maximum Gasteiger partial charge on any atom is -0.00820 e. The van der Waals surface area contributed by atoms with E-state index < -0.39 is 0 Å². The molecule has 0 heteroatoms. The van der Waals surface area contributed by atoms with Gasteiger partial charge < -0.3 is 0 Å². The van der Waals surface area contributed by atoms with Crippen LogP contribution in [0.4, 0.5) is 0 Å². The fraction of sp³-hybridized carbons (Fsp3) is 0.810. The fourth-order valence-electron chi connectivity index (χ4n) is 4.50. The Bertz CT molecular complexity index is 458. The Kier molecular flexibility index (Phi) is 4.41. The Morgan fingerprint density at radius 3 is 1.29 bits per heavy atom. The predicted molar refractivity (Wildman–Crippen MR) is 96.5 cm³/mol. The molecule has 0 aromatic rings. The molecule has 0 heterocycles. The summed E-state index contributed by atoms with van der Waals surface area (Å²) in [5.41, 5.74) is 7.14. The molecule has 0 saturated heterocycles. The van der Waals surface area contributed by atoms with Crippen LogP contribution in [0.3, 0.4) is 0 Å². The highest BCUT2D eigenvalue weighted by Gasteiger charge is 2.57. The van der Waals surface area contributed by atoms with E-state index in [0.717, 1.165) is 0 Å². The molecular weight excluding hydrogens is 252 g/mol. The number of hydrogen-bond acceptors (Lipinski definition) is 0. The van der Waals surface area contributed by atoms with Crippen LogP contribution >= 0.6 is 0 Å². The van der Waals surface area contributed by atoms with Crippen molar-refractivity contribution >= 4 is 0 Å². The first kappa shape index (κ1) is 18.5. The number of allylic oxidation sites excluding steroid dienone is 4. The Morgan fingerprint density at radius 2 is 1.00 bits per heavy atom. The molecule has 0 aromatic carbocycles. The Morgan fingerprint density at radius 1 is 0.667 bits per heavy atom. The lowest BCUT2D eigenvalue weighted by molar-refractivity contribution is -0.0433. The third kappa shape index (κ3) is 2.64. The van der Waals surface area contributed by atoms with Gasteiger partial charge in [-0.05, 0) is 66.9 Å². The molecule has 0 N–H and O–H groups in total. The lowest BCUT2D eigenvalue weighted by Crippen LogP contribution is -2.53. The van der Waals surface area contributed by atoms with Crippen molar-refractivity contribution in [3.8, 4) is 0 Å². The van der Waals surface area contributed by atoms with Gasteiger partial charge >= 0.3 is 0 Å². The van der Waals surface area contributed by atoms with Gasteiger partial charge in [0.15, 0.2) is 0 Å². The topological polar surface area (TPSA) is 0 Å². The number of hydrogen-bond donors (Lipinski definition) is 0. The van der Waals surface area contributed by atoms with Gasteiger partial charge in [-0.25, -0.2) is 0 Å². The molecule has 0 bridgehead atoms. The molecule has 0 amide bonds. The highest BCUT2D eigenvalue weighted by atomic mass is 14.6.